The summed E-state index contributed by atoms with van der Waals surface area (Å²) in [6.07, 6.45) is -13.4. The monoisotopic (exact) mass is 682 g/mol. The molecule has 11 atom stereocenters. The standard InChI is InChI=1S/C33H46O15/c1-43-29-19-12-16(5-3-4-6-17(36)9-7-15-8-10-20(37)18(19)11-15)28(31(29)44-2)47-33-27(42)30(24(39)22(14-35)46-33)48-32-26(41)25(40)23(38)21(13-34)45-32/h8,10-12,17,21-27,30,32-42H,3-7,9,13-14H2,1-2H3/t17-,21+,22+,23+,24+,25-,26+,27+,30-,32-,33-/m0/s1. The second-order valence-corrected chi connectivity index (χ2v) is 12.4. The number of phenols is 1. The van der Waals surface area contributed by atoms with Gasteiger partial charge in [-0.1, -0.05) is 12.5 Å². The van der Waals surface area contributed by atoms with Crippen molar-refractivity contribution in [1.29, 1.82) is 0 Å². The highest BCUT2D eigenvalue weighted by atomic mass is 16.7. The molecule has 0 unspecified atom stereocenters. The van der Waals surface area contributed by atoms with E-state index >= 15 is 0 Å². The van der Waals surface area contributed by atoms with Crippen molar-refractivity contribution in [3.63, 3.8) is 0 Å². The van der Waals surface area contributed by atoms with E-state index < -0.39 is 80.7 Å². The second-order valence-electron chi connectivity index (χ2n) is 12.4. The van der Waals surface area contributed by atoms with Gasteiger partial charge in [-0.25, -0.2) is 0 Å². The van der Waals surface area contributed by atoms with Gasteiger partial charge in [0.25, 0.3) is 0 Å². The topological polar surface area (TPSA) is 237 Å². The van der Waals surface area contributed by atoms with Crippen molar-refractivity contribution in [3.05, 3.63) is 35.4 Å². The van der Waals surface area contributed by atoms with Crippen LogP contribution in [0.5, 0.6) is 23.0 Å². The van der Waals surface area contributed by atoms with Gasteiger partial charge < -0.3 is 74.4 Å². The van der Waals surface area contributed by atoms with Crippen LogP contribution in [0, 0.1) is 0 Å². The number of aliphatic hydroxyl groups is 8. The average molecular weight is 683 g/mol. The fourth-order valence-corrected chi connectivity index (χ4v) is 6.47. The van der Waals surface area contributed by atoms with Crippen LogP contribution in [-0.2, 0) is 27.1 Å². The van der Waals surface area contributed by atoms with E-state index in [0.717, 1.165) is 5.56 Å². The molecule has 4 bridgehead atoms. The normalized spacial score (nSPS) is 34.3. The molecule has 3 aliphatic rings. The number of aliphatic hydroxyl groups excluding tert-OH is 8. The predicted octanol–water partition coefficient (Wildman–Crippen LogP) is -0.901. The van der Waals surface area contributed by atoms with E-state index in [9.17, 15) is 46.0 Å². The highest BCUT2D eigenvalue weighted by molar-refractivity contribution is 5.81. The molecule has 0 aromatic heterocycles. The van der Waals surface area contributed by atoms with Crippen LogP contribution in [0.3, 0.4) is 0 Å². The molecule has 0 spiro atoms. The van der Waals surface area contributed by atoms with Crippen molar-refractivity contribution >= 4 is 0 Å². The number of rotatable bonds is 8. The number of phenolic OH excluding ortho intramolecular Hbond substituents is 1. The molecule has 2 heterocycles. The van der Waals surface area contributed by atoms with Gasteiger partial charge in [0, 0.05) is 11.1 Å². The lowest BCUT2D eigenvalue weighted by molar-refractivity contribution is -0.353. The zero-order valence-electron chi connectivity index (χ0n) is 26.8. The van der Waals surface area contributed by atoms with Crippen LogP contribution in [-0.4, -0.2) is 141 Å². The third-order valence-electron chi connectivity index (χ3n) is 9.22. The Hall–Kier alpha value is -2.80. The van der Waals surface area contributed by atoms with Crippen molar-refractivity contribution in [3.8, 4) is 34.1 Å². The Labute approximate surface area is 277 Å². The minimum atomic E-state index is -1.83. The van der Waals surface area contributed by atoms with Gasteiger partial charge in [-0.2, -0.15) is 0 Å². The molecule has 15 nitrogen and oxygen atoms in total. The molecule has 2 saturated heterocycles. The fraction of sp³-hybridized carbons (Fsp3) is 0.636. The van der Waals surface area contributed by atoms with Crippen LogP contribution in [0.15, 0.2) is 24.3 Å². The van der Waals surface area contributed by atoms with E-state index in [4.69, 9.17) is 28.4 Å². The third kappa shape index (κ3) is 7.37. The number of aromatic hydroxyl groups is 1. The summed E-state index contributed by atoms with van der Waals surface area (Å²) in [6, 6.07) is 6.97. The molecular weight excluding hydrogens is 636 g/mol. The summed E-state index contributed by atoms with van der Waals surface area (Å²) in [7, 11) is 2.81. The van der Waals surface area contributed by atoms with Crippen molar-refractivity contribution in [2.45, 2.75) is 106 Å². The lowest BCUT2D eigenvalue weighted by Crippen LogP contribution is -2.65. The zero-order valence-corrected chi connectivity index (χ0v) is 26.8. The molecule has 1 aliphatic carbocycles. The number of aryl methyl sites for hydroxylation is 2. The van der Waals surface area contributed by atoms with Gasteiger partial charge in [-0.15, -0.1) is 0 Å². The summed E-state index contributed by atoms with van der Waals surface area (Å²) in [4.78, 5) is 0. The van der Waals surface area contributed by atoms with Crippen molar-refractivity contribution in [2.24, 2.45) is 0 Å². The Kier molecular flexibility index (Phi) is 12.0. The van der Waals surface area contributed by atoms with Crippen LogP contribution in [0.25, 0.3) is 11.1 Å². The van der Waals surface area contributed by atoms with Gasteiger partial charge in [0.05, 0.1) is 33.5 Å². The van der Waals surface area contributed by atoms with Gasteiger partial charge in [0.1, 0.15) is 54.6 Å². The highest BCUT2D eigenvalue weighted by Crippen LogP contribution is 2.50. The number of methoxy groups -OCH3 is 2. The highest BCUT2D eigenvalue weighted by Gasteiger charge is 2.51. The van der Waals surface area contributed by atoms with E-state index in [0.29, 0.717) is 55.2 Å². The maximum absolute atomic E-state index is 11.4. The quantitative estimate of drug-likeness (QED) is 0.164. The largest absolute Gasteiger partial charge is 0.507 e. The predicted molar refractivity (Wildman–Crippen MR) is 166 cm³/mol. The first kappa shape index (κ1) is 36.5. The molecule has 2 aromatic rings. The summed E-state index contributed by atoms with van der Waals surface area (Å²) < 4.78 is 34.8. The van der Waals surface area contributed by atoms with E-state index in [1.165, 1.54) is 14.2 Å². The van der Waals surface area contributed by atoms with Crippen molar-refractivity contribution in [2.75, 3.05) is 27.4 Å². The smallest absolute Gasteiger partial charge is 0.229 e. The Morgan fingerprint density at radius 1 is 0.688 bits per heavy atom. The minimum absolute atomic E-state index is 0.00635. The Morgan fingerprint density at radius 2 is 1.38 bits per heavy atom. The van der Waals surface area contributed by atoms with Crippen LogP contribution in [0.4, 0.5) is 0 Å². The molecule has 0 saturated carbocycles. The van der Waals surface area contributed by atoms with E-state index in [-0.39, 0.29) is 23.0 Å². The third-order valence-corrected chi connectivity index (χ3v) is 9.22. The first-order valence-corrected chi connectivity index (χ1v) is 16.1. The molecular formula is C33H46O15. The molecule has 15 heteroatoms. The Morgan fingerprint density at radius 3 is 2.06 bits per heavy atom. The van der Waals surface area contributed by atoms with Crippen molar-refractivity contribution in [1.82, 2.24) is 0 Å². The molecule has 2 fully saturated rings. The SMILES string of the molecule is COc1c2cc(c(O[C@@H]3O[C@H](CO)[C@@H](O)[C@H](O[C@@H]4O[C@H](CO)[C@@H](O)[C@H](O)[C@H]4O)[C@H]3O)c1OC)CCCC[C@H](O)CCc1ccc(O)c-2c1. The van der Waals surface area contributed by atoms with Crippen LogP contribution in [0.2, 0.25) is 0 Å². The number of fused-ring (bicyclic) bond motifs is 5. The molecule has 0 amide bonds. The maximum atomic E-state index is 11.4. The number of hydrogen-bond donors (Lipinski definition) is 9. The van der Waals surface area contributed by atoms with Gasteiger partial charge >= 0.3 is 0 Å². The zero-order chi connectivity index (χ0) is 34.7. The summed E-state index contributed by atoms with van der Waals surface area (Å²) >= 11 is 0. The molecule has 2 aliphatic heterocycles. The number of hydrogen-bond acceptors (Lipinski definition) is 15. The van der Waals surface area contributed by atoms with Crippen LogP contribution >= 0.6 is 0 Å². The summed E-state index contributed by atoms with van der Waals surface area (Å²) in [5.41, 5.74) is 2.46. The molecule has 0 radical (unpaired) electrons. The summed E-state index contributed by atoms with van der Waals surface area (Å²) in [6.45, 7) is -1.46. The lowest BCUT2D eigenvalue weighted by Gasteiger charge is -2.46. The van der Waals surface area contributed by atoms with Gasteiger partial charge in [-0.05, 0) is 61.4 Å². The average Bonchev–Trinajstić information content (AvgIpc) is 3.09. The molecule has 48 heavy (non-hydrogen) atoms. The van der Waals surface area contributed by atoms with E-state index in [1.54, 1.807) is 18.2 Å². The summed E-state index contributed by atoms with van der Waals surface area (Å²) in [5, 5.41) is 94.4. The van der Waals surface area contributed by atoms with Gasteiger partial charge in [-0.3, -0.25) is 0 Å². The Balaban J connectivity index is 1.53. The number of benzene rings is 2. The first-order chi connectivity index (χ1) is 23.0. The molecule has 2 aromatic carbocycles. The van der Waals surface area contributed by atoms with E-state index in [1.807, 2.05) is 6.07 Å². The van der Waals surface area contributed by atoms with Crippen LogP contribution < -0.4 is 14.2 Å². The van der Waals surface area contributed by atoms with Crippen LogP contribution in [0.1, 0.15) is 36.8 Å². The first-order valence-electron chi connectivity index (χ1n) is 16.1. The minimum Gasteiger partial charge on any atom is -0.507 e. The second kappa shape index (κ2) is 15.8. The van der Waals surface area contributed by atoms with Crippen molar-refractivity contribution < 1.29 is 74.4 Å². The van der Waals surface area contributed by atoms with Gasteiger partial charge in [0.2, 0.25) is 12.0 Å². The maximum Gasteiger partial charge on any atom is 0.229 e. The molecule has 9 N–H and O–H groups in total. The number of ether oxygens (including phenoxy) is 6. The molecule has 5 rings (SSSR count). The Bertz CT molecular complexity index is 1370. The fourth-order valence-electron chi connectivity index (χ4n) is 6.47. The van der Waals surface area contributed by atoms with Gasteiger partial charge in [0.15, 0.2) is 17.8 Å². The molecule has 268 valence electrons. The lowest BCUT2D eigenvalue weighted by atomic mass is 9.95. The summed E-state index contributed by atoms with van der Waals surface area (Å²) in [5.74, 6) is 0.413. The van der Waals surface area contributed by atoms with E-state index in [2.05, 4.69) is 0 Å².